The van der Waals surface area contributed by atoms with Gasteiger partial charge in [-0.05, 0) is 48.5 Å². The van der Waals surface area contributed by atoms with Gasteiger partial charge in [-0.1, -0.05) is 35.9 Å². The van der Waals surface area contributed by atoms with Crippen LogP contribution in [0.15, 0.2) is 83.0 Å². The molecule has 0 atom stereocenters. The van der Waals surface area contributed by atoms with Crippen molar-refractivity contribution < 1.29 is 14.7 Å². The van der Waals surface area contributed by atoms with E-state index in [9.17, 15) is 19.5 Å². The average Bonchev–Trinajstić information content (AvgIpc) is 3.33. The van der Waals surface area contributed by atoms with Crippen molar-refractivity contribution in [2.24, 2.45) is 0 Å². The maximum absolute atomic E-state index is 12.8. The number of aromatic hydroxyl groups is 1. The number of rotatable bonds is 5. The van der Waals surface area contributed by atoms with Gasteiger partial charge in [0.1, 0.15) is 11.3 Å². The second-order valence-electron chi connectivity index (χ2n) is 7.75. The quantitative estimate of drug-likeness (QED) is 0.245. The van der Waals surface area contributed by atoms with Crippen LogP contribution in [0.2, 0.25) is 5.02 Å². The molecule has 8 nitrogen and oxygen atoms in total. The molecule has 0 unspecified atom stereocenters. The van der Waals surface area contributed by atoms with Crippen molar-refractivity contribution >= 4 is 56.5 Å². The van der Waals surface area contributed by atoms with Gasteiger partial charge in [-0.25, -0.2) is 4.98 Å². The Morgan fingerprint density at radius 2 is 1.64 bits per heavy atom. The van der Waals surface area contributed by atoms with E-state index in [2.05, 4.69) is 20.6 Å². The van der Waals surface area contributed by atoms with Gasteiger partial charge in [-0.2, -0.15) is 0 Å². The predicted molar refractivity (Wildman–Crippen MR) is 141 cm³/mol. The molecule has 0 aliphatic heterocycles. The molecule has 2 aromatic heterocycles. The molecule has 0 saturated carbocycles. The lowest BCUT2D eigenvalue weighted by molar-refractivity contribution is 0.101. The molecule has 0 bridgehead atoms. The van der Waals surface area contributed by atoms with E-state index in [0.29, 0.717) is 32.9 Å². The number of thiazole rings is 1. The smallest absolute Gasteiger partial charge is 0.266 e. The Bertz CT molecular complexity index is 1660. The number of para-hydroxylation sites is 1. The summed E-state index contributed by atoms with van der Waals surface area (Å²) < 4.78 is 0. The van der Waals surface area contributed by atoms with Gasteiger partial charge in [0.15, 0.2) is 5.13 Å². The molecule has 0 saturated heterocycles. The number of aromatic nitrogens is 2. The van der Waals surface area contributed by atoms with Crippen LogP contribution in [0.1, 0.15) is 20.7 Å². The number of halogens is 1. The first-order chi connectivity index (χ1) is 17.4. The van der Waals surface area contributed by atoms with E-state index in [4.69, 9.17) is 11.6 Å². The zero-order valence-corrected chi connectivity index (χ0v) is 20.0. The molecule has 178 valence electrons. The van der Waals surface area contributed by atoms with Crippen molar-refractivity contribution in [3.8, 4) is 17.0 Å². The molecule has 3 aromatic carbocycles. The second kappa shape index (κ2) is 9.65. The second-order valence-corrected chi connectivity index (χ2v) is 9.05. The van der Waals surface area contributed by atoms with Gasteiger partial charge >= 0.3 is 0 Å². The van der Waals surface area contributed by atoms with Crippen LogP contribution in [0.25, 0.3) is 22.2 Å². The highest BCUT2D eigenvalue weighted by Crippen LogP contribution is 2.28. The minimum Gasteiger partial charge on any atom is -0.506 e. The molecule has 5 rings (SSSR count). The van der Waals surface area contributed by atoms with E-state index in [1.807, 2.05) is 0 Å². The molecule has 10 heteroatoms. The van der Waals surface area contributed by atoms with Crippen LogP contribution >= 0.6 is 22.9 Å². The molecule has 0 spiro atoms. The van der Waals surface area contributed by atoms with Gasteiger partial charge in [0.05, 0.1) is 11.2 Å². The Morgan fingerprint density at radius 1 is 0.917 bits per heavy atom. The SMILES string of the molecule is O=C(Nc1ccc(-c2csc(NC(=O)c3c(O)c4ccccc4[nH]c3=O)n2)cc1)c1ccc(Cl)cc1. The fraction of sp³-hybridized carbons (Fsp3) is 0. The van der Waals surface area contributed by atoms with Crippen LogP contribution in [-0.2, 0) is 0 Å². The van der Waals surface area contributed by atoms with Crippen molar-refractivity contribution in [3.05, 3.63) is 105 Å². The number of hydrogen-bond donors (Lipinski definition) is 4. The minimum atomic E-state index is -0.763. The number of fused-ring (bicyclic) bond motifs is 1. The van der Waals surface area contributed by atoms with Crippen LogP contribution in [0.3, 0.4) is 0 Å². The zero-order chi connectivity index (χ0) is 25.2. The van der Waals surface area contributed by atoms with Crippen molar-refractivity contribution in [2.75, 3.05) is 10.6 Å². The maximum atomic E-state index is 12.8. The Balaban J connectivity index is 1.30. The summed E-state index contributed by atoms with van der Waals surface area (Å²) in [5, 5.41) is 18.8. The van der Waals surface area contributed by atoms with Crippen LogP contribution in [0, 0.1) is 0 Å². The van der Waals surface area contributed by atoms with Gasteiger partial charge in [-0.15, -0.1) is 11.3 Å². The lowest BCUT2D eigenvalue weighted by Gasteiger charge is -2.07. The molecule has 2 amide bonds. The molecule has 0 aliphatic rings. The summed E-state index contributed by atoms with van der Waals surface area (Å²) in [4.78, 5) is 44.5. The lowest BCUT2D eigenvalue weighted by atomic mass is 10.1. The first kappa shape index (κ1) is 23.3. The number of carbonyl (C=O) groups is 2. The van der Waals surface area contributed by atoms with Crippen molar-refractivity contribution in [1.82, 2.24) is 9.97 Å². The van der Waals surface area contributed by atoms with E-state index < -0.39 is 11.5 Å². The van der Waals surface area contributed by atoms with Gasteiger partial charge in [-0.3, -0.25) is 19.7 Å². The normalized spacial score (nSPS) is 10.8. The number of amides is 2. The topological polar surface area (TPSA) is 124 Å². The summed E-state index contributed by atoms with van der Waals surface area (Å²) >= 11 is 7.04. The fourth-order valence-electron chi connectivity index (χ4n) is 3.59. The van der Waals surface area contributed by atoms with E-state index in [0.717, 1.165) is 5.56 Å². The Hall–Kier alpha value is -4.47. The number of nitrogens with zero attached hydrogens (tertiary/aromatic N) is 1. The number of carbonyl (C=O) groups excluding carboxylic acids is 2. The van der Waals surface area contributed by atoms with Gasteiger partial charge in [0, 0.05) is 32.6 Å². The number of benzene rings is 3. The molecule has 36 heavy (non-hydrogen) atoms. The molecule has 5 aromatic rings. The molecule has 2 heterocycles. The van der Waals surface area contributed by atoms with Crippen LogP contribution in [0.4, 0.5) is 10.8 Å². The summed E-state index contributed by atoms with van der Waals surface area (Å²) in [6.07, 6.45) is 0. The number of aromatic amines is 1. The first-order valence-corrected chi connectivity index (χ1v) is 11.9. The number of nitrogens with one attached hydrogen (secondary N) is 3. The highest BCUT2D eigenvalue weighted by Gasteiger charge is 2.20. The van der Waals surface area contributed by atoms with Gasteiger partial charge in [0.25, 0.3) is 17.4 Å². The fourth-order valence-corrected chi connectivity index (χ4v) is 4.43. The predicted octanol–water partition coefficient (Wildman–Crippen LogP) is 5.52. The number of pyridine rings is 1. The van der Waals surface area contributed by atoms with E-state index in [1.54, 1.807) is 78.2 Å². The number of hydrogen-bond acceptors (Lipinski definition) is 6. The van der Waals surface area contributed by atoms with Crippen LogP contribution < -0.4 is 16.2 Å². The average molecular weight is 517 g/mol. The van der Waals surface area contributed by atoms with E-state index in [1.165, 1.54) is 11.3 Å². The van der Waals surface area contributed by atoms with Crippen molar-refractivity contribution in [2.45, 2.75) is 0 Å². The Labute approximate surface area is 213 Å². The maximum Gasteiger partial charge on any atom is 0.266 e. The largest absolute Gasteiger partial charge is 0.506 e. The van der Waals surface area contributed by atoms with Crippen LogP contribution in [-0.4, -0.2) is 26.9 Å². The Morgan fingerprint density at radius 3 is 2.39 bits per heavy atom. The molecule has 0 fully saturated rings. The van der Waals surface area contributed by atoms with Gasteiger partial charge in [0.2, 0.25) is 0 Å². The van der Waals surface area contributed by atoms with E-state index >= 15 is 0 Å². The molecular weight excluding hydrogens is 500 g/mol. The third kappa shape index (κ3) is 4.70. The Kier molecular flexibility index (Phi) is 6.24. The highest BCUT2D eigenvalue weighted by molar-refractivity contribution is 7.14. The lowest BCUT2D eigenvalue weighted by Crippen LogP contribution is -2.23. The summed E-state index contributed by atoms with van der Waals surface area (Å²) in [5.41, 5.74) is 1.81. The highest BCUT2D eigenvalue weighted by atomic mass is 35.5. The number of anilines is 2. The first-order valence-electron chi connectivity index (χ1n) is 10.7. The summed E-state index contributed by atoms with van der Waals surface area (Å²) in [5.74, 6) is -1.41. The zero-order valence-electron chi connectivity index (χ0n) is 18.4. The molecule has 4 N–H and O–H groups in total. The molecular formula is C26H17ClN4O4S. The van der Waals surface area contributed by atoms with Gasteiger partial charge < -0.3 is 15.4 Å². The minimum absolute atomic E-state index is 0.259. The standard InChI is InChI=1S/C26H17ClN4O4S/c27-16-9-5-15(6-10-16)23(33)28-17-11-7-14(8-12-17)20-13-36-26(30-20)31-25(35)21-22(32)18-3-1-2-4-19(18)29-24(21)34/h1-13H,(H,28,33)(H2,29,32,34)(H,30,31,35). The van der Waals surface area contributed by atoms with E-state index in [-0.39, 0.29) is 22.4 Å². The molecule has 0 radical (unpaired) electrons. The van der Waals surface area contributed by atoms with Crippen LogP contribution in [0.5, 0.6) is 5.75 Å². The van der Waals surface area contributed by atoms with Crippen molar-refractivity contribution in [3.63, 3.8) is 0 Å². The molecule has 0 aliphatic carbocycles. The summed E-state index contributed by atoms with van der Waals surface area (Å²) in [7, 11) is 0. The third-order valence-electron chi connectivity index (χ3n) is 5.39. The summed E-state index contributed by atoms with van der Waals surface area (Å²) in [6.45, 7) is 0. The van der Waals surface area contributed by atoms with Crippen molar-refractivity contribution in [1.29, 1.82) is 0 Å². The third-order valence-corrected chi connectivity index (χ3v) is 6.40. The summed E-state index contributed by atoms with van der Waals surface area (Å²) in [6, 6.07) is 20.3. The monoisotopic (exact) mass is 516 g/mol. The number of H-pyrrole nitrogens is 1.